The maximum Gasteiger partial charge on any atom is 0.171 e. The minimum Gasteiger partial charge on any atom is -0.368 e. The van der Waals surface area contributed by atoms with Crippen LogP contribution in [0.2, 0.25) is 0 Å². The predicted molar refractivity (Wildman–Crippen MR) is 82.3 cm³/mol. The quantitative estimate of drug-likeness (QED) is 0.916. The summed E-state index contributed by atoms with van der Waals surface area (Å²) in [6, 6.07) is 6.73. The molecular weight excluding hydrogens is 272 g/mol. The van der Waals surface area contributed by atoms with Gasteiger partial charge in [-0.25, -0.2) is 13.8 Å². The summed E-state index contributed by atoms with van der Waals surface area (Å²) in [5.41, 5.74) is 2.97. The Hall–Kier alpha value is -2.17. The first-order chi connectivity index (χ1) is 9.93. The molecule has 0 atom stereocenters. The third kappa shape index (κ3) is 3.12. The fourth-order valence-electron chi connectivity index (χ4n) is 2.28. The van der Waals surface area contributed by atoms with E-state index in [-0.39, 0.29) is 11.6 Å². The van der Waals surface area contributed by atoms with Gasteiger partial charge in [-0.15, -0.1) is 0 Å². The van der Waals surface area contributed by atoms with E-state index in [4.69, 9.17) is 0 Å². The molecule has 0 spiro atoms. The molecule has 0 aliphatic heterocycles. The topological polar surface area (TPSA) is 28.2 Å². The van der Waals surface area contributed by atoms with E-state index in [0.717, 1.165) is 22.9 Å². The van der Waals surface area contributed by atoms with E-state index in [2.05, 4.69) is 10.3 Å². The molecule has 0 saturated heterocycles. The third-order valence-electron chi connectivity index (χ3n) is 3.29. The highest BCUT2D eigenvalue weighted by atomic mass is 19.1. The summed E-state index contributed by atoms with van der Waals surface area (Å²) in [7, 11) is 1.72. The van der Waals surface area contributed by atoms with Crippen LogP contribution in [0, 0.1) is 25.5 Å². The Morgan fingerprint density at radius 1 is 1.14 bits per heavy atom. The molecule has 2 aromatic rings. The van der Waals surface area contributed by atoms with E-state index in [9.17, 15) is 8.78 Å². The predicted octanol–water partition coefficient (Wildman–Crippen LogP) is 4.18. The van der Waals surface area contributed by atoms with Crippen molar-refractivity contribution in [3.8, 4) is 0 Å². The van der Waals surface area contributed by atoms with Crippen LogP contribution in [0.4, 0.5) is 26.1 Å². The first kappa shape index (κ1) is 15.2. The summed E-state index contributed by atoms with van der Waals surface area (Å²) >= 11 is 0. The molecule has 0 amide bonds. The molecule has 0 aliphatic carbocycles. The maximum atomic E-state index is 14.0. The van der Waals surface area contributed by atoms with Crippen molar-refractivity contribution in [2.45, 2.75) is 20.8 Å². The third-order valence-corrected chi connectivity index (χ3v) is 3.29. The summed E-state index contributed by atoms with van der Waals surface area (Å²) in [4.78, 5) is 5.70. The average Bonchev–Trinajstić information content (AvgIpc) is 2.41. The Morgan fingerprint density at radius 2 is 1.86 bits per heavy atom. The van der Waals surface area contributed by atoms with Crippen LogP contribution in [0.1, 0.15) is 18.1 Å². The van der Waals surface area contributed by atoms with Gasteiger partial charge in [-0.3, -0.25) is 0 Å². The van der Waals surface area contributed by atoms with Crippen LogP contribution < -0.4 is 10.2 Å². The van der Waals surface area contributed by atoms with Crippen LogP contribution in [0.15, 0.2) is 24.3 Å². The van der Waals surface area contributed by atoms with Crippen molar-refractivity contribution < 1.29 is 8.78 Å². The van der Waals surface area contributed by atoms with Crippen molar-refractivity contribution in [3.05, 3.63) is 47.0 Å². The monoisotopic (exact) mass is 291 g/mol. The number of benzene rings is 1. The fraction of sp³-hybridized carbons (Fsp3) is 0.312. The normalized spacial score (nSPS) is 10.6. The minimum atomic E-state index is -0.688. The highest BCUT2D eigenvalue weighted by Gasteiger charge is 2.17. The lowest BCUT2D eigenvalue weighted by Gasteiger charge is -2.22. The van der Waals surface area contributed by atoms with Gasteiger partial charge in [0.25, 0.3) is 0 Å². The molecule has 0 unspecified atom stereocenters. The SMILES string of the molecule is CCNc1nc(N(C)c2ccc(C)cc2C)c(F)cc1F. The van der Waals surface area contributed by atoms with Gasteiger partial charge < -0.3 is 10.2 Å². The Morgan fingerprint density at radius 3 is 2.48 bits per heavy atom. The second kappa shape index (κ2) is 6.08. The molecule has 0 fully saturated rings. The van der Waals surface area contributed by atoms with Crippen LogP contribution in [0.25, 0.3) is 0 Å². The lowest BCUT2D eigenvalue weighted by molar-refractivity contribution is 0.576. The highest BCUT2D eigenvalue weighted by molar-refractivity contribution is 5.65. The standard InChI is InChI=1S/C16H19F2N3/c1-5-19-15-12(17)9-13(18)16(20-15)21(4)14-7-6-10(2)8-11(14)3/h6-9H,5H2,1-4H3,(H,19,20). The lowest BCUT2D eigenvalue weighted by Crippen LogP contribution is -2.16. The number of aryl methyl sites for hydroxylation is 2. The number of nitrogens with zero attached hydrogens (tertiary/aromatic N) is 2. The van der Waals surface area contributed by atoms with Crippen molar-refractivity contribution in [1.29, 1.82) is 0 Å². The summed E-state index contributed by atoms with van der Waals surface area (Å²) in [6.45, 7) is 6.29. The fourth-order valence-corrected chi connectivity index (χ4v) is 2.28. The van der Waals surface area contributed by atoms with Gasteiger partial charge in [0, 0.05) is 25.3 Å². The Balaban J connectivity index is 2.47. The zero-order chi connectivity index (χ0) is 15.6. The van der Waals surface area contributed by atoms with Crippen LogP contribution >= 0.6 is 0 Å². The lowest BCUT2D eigenvalue weighted by atomic mass is 10.1. The molecule has 3 nitrogen and oxygen atoms in total. The first-order valence-corrected chi connectivity index (χ1v) is 6.85. The molecule has 0 saturated carbocycles. The van der Waals surface area contributed by atoms with Gasteiger partial charge in [0.2, 0.25) is 0 Å². The zero-order valence-corrected chi connectivity index (χ0v) is 12.7. The second-order valence-electron chi connectivity index (χ2n) is 5.00. The van der Waals surface area contributed by atoms with Crippen LogP contribution in [0.5, 0.6) is 0 Å². The van der Waals surface area contributed by atoms with E-state index in [0.29, 0.717) is 6.54 Å². The largest absolute Gasteiger partial charge is 0.368 e. The molecule has 1 aromatic carbocycles. The van der Waals surface area contributed by atoms with E-state index in [1.165, 1.54) is 0 Å². The van der Waals surface area contributed by atoms with Crippen LogP contribution in [-0.4, -0.2) is 18.6 Å². The molecular formula is C16H19F2N3. The molecule has 0 radical (unpaired) electrons. The number of anilines is 3. The summed E-state index contributed by atoms with van der Waals surface area (Å²) in [5.74, 6) is -1.21. The first-order valence-electron chi connectivity index (χ1n) is 6.85. The van der Waals surface area contributed by atoms with Crippen molar-refractivity contribution in [2.24, 2.45) is 0 Å². The summed E-state index contributed by atoms with van der Waals surface area (Å²) in [5, 5.41) is 2.79. The van der Waals surface area contributed by atoms with Gasteiger partial charge in [0.15, 0.2) is 23.3 Å². The van der Waals surface area contributed by atoms with Crippen molar-refractivity contribution in [3.63, 3.8) is 0 Å². The number of pyridine rings is 1. The van der Waals surface area contributed by atoms with Crippen LogP contribution in [0.3, 0.4) is 0 Å². The highest BCUT2D eigenvalue weighted by Crippen LogP contribution is 2.29. The Labute approximate surface area is 123 Å². The van der Waals surface area contributed by atoms with E-state index >= 15 is 0 Å². The molecule has 0 aliphatic rings. The van der Waals surface area contributed by atoms with E-state index in [1.807, 2.05) is 39.0 Å². The van der Waals surface area contributed by atoms with Gasteiger partial charge in [0.05, 0.1) is 0 Å². The summed E-state index contributed by atoms with van der Waals surface area (Å²) < 4.78 is 27.7. The molecule has 0 bridgehead atoms. The number of nitrogens with one attached hydrogen (secondary N) is 1. The molecule has 1 N–H and O–H groups in total. The smallest absolute Gasteiger partial charge is 0.171 e. The van der Waals surface area contributed by atoms with Gasteiger partial charge in [0.1, 0.15) is 0 Å². The Kier molecular flexibility index (Phi) is 4.40. The number of rotatable bonds is 4. The van der Waals surface area contributed by atoms with E-state index in [1.54, 1.807) is 11.9 Å². The van der Waals surface area contributed by atoms with Crippen LogP contribution in [-0.2, 0) is 0 Å². The average molecular weight is 291 g/mol. The molecule has 2 rings (SSSR count). The molecule has 5 heteroatoms. The number of hydrogen-bond donors (Lipinski definition) is 1. The van der Waals surface area contributed by atoms with Crippen molar-refractivity contribution >= 4 is 17.3 Å². The maximum absolute atomic E-state index is 14.0. The van der Waals surface area contributed by atoms with Gasteiger partial charge in [-0.1, -0.05) is 17.7 Å². The molecule has 1 aromatic heterocycles. The zero-order valence-electron chi connectivity index (χ0n) is 12.7. The number of halogens is 2. The summed E-state index contributed by atoms with van der Waals surface area (Å²) in [6.07, 6.45) is 0. The molecule has 1 heterocycles. The van der Waals surface area contributed by atoms with Crippen molar-refractivity contribution in [1.82, 2.24) is 4.98 Å². The number of hydrogen-bond acceptors (Lipinski definition) is 3. The van der Waals surface area contributed by atoms with Gasteiger partial charge in [-0.05, 0) is 32.4 Å². The Bertz CT molecular complexity index is 656. The van der Waals surface area contributed by atoms with Gasteiger partial charge >= 0.3 is 0 Å². The van der Waals surface area contributed by atoms with E-state index < -0.39 is 11.6 Å². The second-order valence-corrected chi connectivity index (χ2v) is 5.00. The van der Waals surface area contributed by atoms with Crippen molar-refractivity contribution in [2.75, 3.05) is 23.8 Å². The molecule has 21 heavy (non-hydrogen) atoms. The molecule has 112 valence electrons. The number of aromatic nitrogens is 1. The van der Waals surface area contributed by atoms with Gasteiger partial charge in [-0.2, -0.15) is 0 Å². The minimum absolute atomic E-state index is 0.0607.